The van der Waals surface area contributed by atoms with Crippen molar-refractivity contribution in [1.29, 1.82) is 0 Å². The van der Waals surface area contributed by atoms with Gasteiger partial charge in [0.05, 0.1) is 5.56 Å². The molecule has 1 aromatic rings. The van der Waals surface area contributed by atoms with Gasteiger partial charge in [0.1, 0.15) is 12.7 Å². The lowest BCUT2D eigenvalue weighted by Gasteiger charge is -2.14. The van der Waals surface area contributed by atoms with E-state index in [1.54, 1.807) is 12.1 Å². The molecule has 0 saturated carbocycles. The van der Waals surface area contributed by atoms with Gasteiger partial charge in [-0.3, -0.25) is 0 Å². The molecule has 4 nitrogen and oxygen atoms in total. The van der Waals surface area contributed by atoms with Gasteiger partial charge in [0.25, 0.3) is 0 Å². The molecule has 0 aliphatic heterocycles. The SMILES string of the molecule is Cc1cccc(C(=O)OC[C@H](O)CNC(C)C)c1. The topological polar surface area (TPSA) is 58.6 Å². The quantitative estimate of drug-likeness (QED) is 0.752. The van der Waals surface area contributed by atoms with Crippen molar-refractivity contribution in [3.05, 3.63) is 35.4 Å². The summed E-state index contributed by atoms with van der Waals surface area (Å²) in [6.45, 7) is 6.32. The molecule has 0 saturated heterocycles. The summed E-state index contributed by atoms with van der Waals surface area (Å²) in [4.78, 5) is 11.7. The molecule has 2 N–H and O–H groups in total. The van der Waals surface area contributed by atoms with Crippen molar-refractivity contribution in [3.8, 4) is 0 Å². The first-order valence-electron chi connectivity index (χ1n) is 6.14. The fraction of sp³-hybridized carbons (Fsp3) is 0.500. The molecule has 18 heavy (non-hydrogen) atoms. The Labute approximate surface area is 108 Å². The minimum Gasteiger partial charge on any atom is -0.459 e. The summed E-state index contributed by atoms with van der Waals surface area (Å²) in [5.41, 5.74) is 1.52. The number of aryl methyl sites for hydroxylation is 1. The van der Waals surface area contributed by atoms with Crippen LogP contribution in [0, 0.1) is 6.92 Å². The number of rotatable bonds is 6. The number of carbonyl (C=O) groups excluding carboxylic acids is 1. The molecule has 0 aliphatic carbocycles. The highest BCUT2D eigenvalue weighted by atomic mass is 16.5. The van der Waals surface area contributed by atoms with Gasteiger partial charge in [-0.15, -0.1) is 0 Å². The van der Waals surface area contributed by atoms with Crippen LogP contribution in [0.2, 0.25) is 0 Å². The summed E-state index contributed by atoms with van der Waals surface area (Å²) in [5, 5.41) is 12.7. The van der Waals surface area contributed by atoms with E-state index in [1.165, 1.54) is 0 Å². The summed E-state index contributed by atoms with van der Waals surface area (Å²) >= 11 is 0. The molecule has 0 aromatic heterocycles. The smallest absolute Gasteiger partial charge is 0.338 e. The minimum absolute atomic E-state index is 0.00644. The molecular weight excluding hydrogens is 230 g/mol. The van der Waals surface area contributed by atoms with Crippen LogP contribution in [0.1, 0.15) is 29.8 Å². The number of nitrogens with one attached hydrogen (secondary N) is 1. The van der Waals surface area contributed by atoms with Crippen LogP contribution in [0.3, 0.4) is 0 Å². The molecule has 0 unspecified atom stereocenters. The summed E-state index contributed by atoms with van der Waals surface area (Å²) in [5.74, 6) is -0.401. The number of aliphatic hydroxyl groups is 1. The molecule has 0 aliphatic rings. The zero-order chi connectivity index (χ0) is 13.5. The normalized spacial score (nSPS) is 12.5. The van der Waals surface area contributed by atoms with Crippen molar-refractivity contribution >= 4 is 5.97 Å². The number of hydrogen-bond donors (Lipinski definition) is 2. The number of ether oxygens (including phenoxy) is 1. The van der Waals surface area contributed by atoms with Crippen LogP contribution < -0.4 is 5.32 Å². The second kappa shape index (κ2) is 7.13. The standard InChI is InChI=1S/C14H21NO3/c1-10(2)15-8-13(16)9-18-14(17)12-6-4-5-11(3)7-12/h4-7,10,13,15-16H,8-9H2,1-3H3/t13-/m1/s1. The van der Waals surface area contributed by atoms with Gasteiger partial charge in [-0.05, 0) is 19.1 Å². The molecule has 4 heteroatoms. The van der Waals surface area contributed by atoms with Gasteiger partial charge in [-0.1, -0.05) is 31.5 Å². The number of carbonyl (C=O) groups is 1. The predicted octanol–water partition coefficient (Wildman–Crippen LogP) is 1.51. The number of esters is 1. The Balaban J connectivity index is 2.37. The second-order valence-electron chi connectivity index (χ2n) is 4.68. The third-order valence-electron chi connectivity index (χ3n) is 2.42. The summed E-state index contributed by atoms with van der Waals surface area (Å²) in [7, 11) is 0. The van der Waals surface area contributed by atoms with Gasteiger partial charge in [0.15, 0.2) is 0 Å². The summed E-state index contributed by atoms with van der Waals surface area (Å²) in [6, 6.07) is 7.49. The van der Waals surface area contributed by atoms with Crippen molar-refractivity contribution in [3.63, 3.8) is 0 Å². The van der Waals surface area contributed by atoms with Crippen LogP contribution in [-0.4, -0.2) is 36.4 Å². The van der Waals surface area contributed by atoms with E-state index < -0.39 is 12.1 Å². The van der Waals surface area contributed by atoms with Gasteiger partial charge in [0.2, 0.25) is 0 Å². The van der Waals surface area contributed by atoms with E-state index in [4.69, 9.17) is 4.74 Å². The predicted molar refractivity (Wildman–Crippen MR) is 70.6 cm³/mol. The van der Waals surface area contributed by atoms with Crippen molar-refractivity contribution in [1.82, 2.24) is 5.32 Å². The lowest BCUT2D eigenvalue weighted by atomic mass is 10.1. The van der Waals surface area contributed by atoms with Crippen LogP contribution in [0.4, 0.5) is 0 Å². The summed E-state index contributed by atoms with van der Waals surface area (Å²) < 4.78 is 5.05. The van der Waals surface area contributed by atoms with Crippen LogP contribution in [0.25, 0.3) is 0 Å². The van der Waals surface area contributed by atoms with Gasteiger partial charge in [-0.25, -0.2) is 4.79 Å². The largest absolute Gasteiger partial charge is 0.459 e. The van der Waals surface area contributed by atoms with E-state index >= 15 is 0 Å². The first-order valence-corrected chi connectivity index (χ1v) is 6.14. The lowest BCUT2D eigenvalue weighted by Crippen LogP contribution is -2.35. The first kappa shape index (κ1) is 14.7. The Morgan fingerprint density at radius 1 is 1.44 bits per heavy atom. The molecule has 1 atom stereocenters. The molecule has 0 fully saturated rings. The molecular formula is C14H21NO3. The van der Waals surface area contributed by atoms with E-state index in [9.17, 15) is 9.90 Å². The van der Waals surface area contributed by atoms with Crippen LogP contribution in [0.5, 0.6) is 0 Å². The van der Waals surface area contributed by atoms with E-state index in [2.05, 4.69) is 5.32 Å². The highest BCUT2D eigenvalue weighted by molar-refractivity contribution is 5.89. The van der Waals surface area contributed by atoms with Gasteiger partial charge < -0.3 is 15.2 Å². The van der Waals surface area contributed by atoms with Crippen LogP contribution >= 0.6 is 0 Å². The van der Waals surface area contributed by atoms with Gasteiger partial charge in [-0.2, -0.15) is 0 Å². The lowest BCUT2D eigenvalue weighted by molar-refractivity contribution is 0.0256. The Hall–Kier alpha value is -1.39. The maximum absolute atomic E-state index is 11.7. The average Bonchev–Trinajstić information content (AvgIpc) is 2.33. The number of hydrogen-bond acceptors (Lipinski definition) is 4. The van der Waals surface area contributed by atoms with Crippen molar-refractivity contribution in [2.24, 2.45) is 0 Å². The third kappa shape index (κ3) is 5.29. The molecule has 0 heterocycles. The van der Waals surface area contributed by atoms with E-state index in [0.717, 1.165) is 5.56 Å². The fourth-order valence-corrected chi connectivity index (χ4v) is 1.46. The highest BCUT2D eigenvalue weighted by Crippen LogP contribution is 2.05. The molecule has 1 aromatic carbocycles. The highest BCUT2D eigenvalue weighted by Gasteiger charge is 2.11. The zero-order valence-electron chi connectivity index (χ0n) is 11.1. The Morgan fingerprint density at radius 2 is 2.17 bits per heavy atom. The average molecular weight is 251 g/mol. The van der Waals surface area contributed by atoms with Crippen molar-refractivity contribution in [2.75, 3.05) is 13.2 Å². The molecule has 1 rings (SSSR count). The molecule has 0 spiro atoms. The zero-order valence-corrected chi connectivity index (χ0v) is 11.1. The summed E-state index contributed by atoms with van der Waals surface area (Å²) in [6.07, 6.45) is -0.679. The van der Waals surface area contributed by atoms with E-state index in [0.29, 0.717) is 18.2 Å². The Kier molecular flexibility index (Phi) is 5.82. The maximum Gasteiger partial charge on any atom is 0.338 e. The van der Waals surface area contributed by atoms with Crippen molar-refractivity contribution in [2.45, 2.75) is 32.9 Å². The Bertz CT molecular complexity index is 390. The van der Waals surface area contributed by atoms with Crippen LogP contribution in [0.15, 0.2) is 24.3 Å². The monoisotopic (exact) mass is 251 g/mol. The van der Waals surface area contributed by atoms with Crippen LogP contribution in [-0.2, 0) is 4.74 Å². The van der Waals surface area contributed by atoms with Gasteiger partial charge in [0, 0.05) is 12.6 Å². The van der Waals surface area contributed by atoms with E-state index in [1.807, 2.05) is 32.9 Å². The Morgan fingerprint density at radius 3 is 2.78 bits per heavy atom. The second-order valence-corrected chi connectivity index (χ2v) is 4.68. The van der Waals surface area contributed by atoms with E-state index in [-0.39, 0.29) is 6.61 Å². The first-order chi connectivity index (χ1) is 8.49. The fourth-order valence-electron chi connectivity index (χ4n) is 1.46. The molecule has 0 amide bonds. The maximum atomic E-state index is 11.7. The third-order valence-corrected chi connectivity index (χ3v) is 2.42. The number of benzene rings is 1. The molecule has 0 bridgehead atoms. The number of aliphatic hydroxyl groups excluding tert-OH is 1. The minimum atomic E-state index is -0.679. The molecule has 100 valence electrons. The molecule has 0 radical (unpaired) electrons. The van der Waals surface area contributed by atoms with Crippen molar-refractivity contribution < 1.29 is 14.6 Å². The van der Waals surface area contributed by atoms with Gasteiger partial charge >= 0.3 is 5.97 Å².